The van der Waals surface area contributed by atoms with Gasteiger partial charge in [-0.05, 0) is 55.2 Å². The predicted molar refractivity (Wildman–Crippen MR) is 150 cm³/mol. The van der Waals surface area contributed by atoms with Crippen molar-refractivity contribution < 1.29 is 24.0 Å². The molecule has 10 heteroatoms. The third-order valence-corrected chi connectivity index (χ3v) is 6.23. The number of rotatable bonds is 18. The summed E-state index contributed by atoms with van der Waals surface area (Å²) in [5.41, 5.74) is 10.1. The quantitative estimate of drug-likeness (QED) is 0.164. The Morgan fingerprint density at radius 3 is 2.62 bits per heavy atom. The summed E-state index contributed by atoms with van der Waals surface area (Å²) in [6, 6.07) is 6.01. The van der Waals surface area contributed by atoms with E-state index in [1.54, 1.807) is 5.06 Å². The van der Waals surface area contributed by atoms with Crippen molar-refractivity contribution in [3.8, 4) is 0 Å². The summed E-state index contributed by atoms with van der Waals surface area (Å²) in [4.78, 5) is 48.6. The number of nitrogens with two attached hydrogens (primary N) is 1. The van der Waals surface area contributed by atoms with E-state index in [1.807, 2.05) is 31.3 Å². The van der Waals surface area contributed by atoms with Crippen LogP contribution < -0.4 is 11.1 Å². The van der Waals surface area contributed by atoms with Gasteiger partial charge in [-0.25, -0.2) is 9.97 Å². The normalized spacial score (nSPS) is 11.9. The van der Waals surface area contributed by atoms with Crippen molar-refractivity contribution in [2.45, 2.75) is 78.3 Å². The van der Waals surface area contributed by atoms with Gasteiger partial charge in [-0.1, -0.05) is 32.0 Å². The lowest BCUT2D eigenvalue weighted by Gasteiger charge is -2.20. The van der Waals surface area contributed by atoms with Gasteiger partial charge in [-0.15, -0.1) is 5.06 Å². The topological polar surface area (TPSA) is 137 Å². The number of hydroxylamine groups is 2. The molecule has 2 aromatic rings. The van der Waals surface area contributed by atoms with Gasteiger partial charge in [-0.3, -0.25) is 9.59 Å². The van der Waals surface area contributed by atoms with E-state index < -0.39 is 5.97 Å². The third-order valence-electron chi connectivity index (χ3n) is 6.23. The van der Waals surface area contributed by atoms with Crippen molar-refractivity contribution in [2.75, 3.05) is 25.5 Å². The lowest BCUT2D eigenvalue weighted by molar-refractivity contribution is -0.192. The maximum atomic E-state index is 12.1. The first kappa shape index (κ1) is 31.8. The van der Waals surface area contributed by atoms with Crippen LogP contribution in [-0.4, -0.2) is 59.5 Å². The largest absolute Gasteiger partial charge is 0.469 e. The summed E-state index contributed by atoms with van der Waals surface area (Å²) in [5.74, 6) is 0.570. The van der Waals surface area contributed by atoms with Crippen LogP contribution in [-0.2, 0) is 49.8 Å². The van der Waals surface area contributed by atoms with Crippen molar-refractivity contribution in [1.82, 2.24) is 15.0 Å². The number of aromatic nitrogens is 2. The van der Waals surface area contributed by atoms with Crippen LogP contribution in [0.25, 0.3) is 0 Å². The summed E-state index contributed by atoms with van der Waals surface area (Å²) >= 11 is 0. The van der Waals surface area contributed by atoms with Crippen molar-refractivity contribution in [3.05, 3.63) is 53.0 Å². The summed E-state index contributed by atoms with van der Waals surface area (Å²) in [6.07, 6.45) is 7.68. The SMILES string of the molecule is CCN(Cc1ccc(CCCc2cncnc2NCC(N)CC(C)C)c(CC(=O)OC)c1)OC(=O)CCC=O. The molecule has 214 valence electrons. The Balaban J connectivity index is 2.06. The molecule has 0 amide bonds. The van der Waals surface area contributed by atoms with Crippen LogP contribution in [0.15, 0.2) is 30.7 Å². The smallest absolute Gasteiger partial charge is 0.325 e. The number of nitrogens with one attached hydrogen (secondary N) is 1. The van der Waals surface area contributed by atoms with Crippen LogP contribution >= 0.6 is 0 Å². The van der Waals surface area contributed by atoms with E-state index in [-0.39, 0.29) is 31.3 Å². The molecule has 1 unspecified atom stereocenters. The molecule has 0 aliphatic rings. The van der Waals surface area contributed by atoms with E-state index in [0.29, 0.717) is 31.8 Å². The zero-order chi connectivity index (χ0) is 28.6. The number of nitrogens with zero attached hydrogens (tertiary/aromatic N) is 3. The van der Waals surface area contributed by atoms with Crippen molar-refractivity contribution >= 4 is 24.0 Å². The highest BCUT2D eigenvalue weighted by molar-refractivity contribution is 5.73. The predicted octanol–water partition coefficient (Wildman–Crippen LogP) is 3.41. The Kier molecular flexibility index (Phi) is 14.1. The highest BCUT2D eigenvalue weighted by Crippen LogP contribution is 2.20. The number of anilines is 1. The molecule has 0 aliphatic heterocycles. The Bertz CT molecular complexity index is 1060. The molecule has 1 aromatic heterocycles. The molecule has 1 atom stereocenters. The average Bonchev–Trinajstić information content (AvgIpc) is 2.91. The number of aldehydes is 1. The first-order valence-electron chi connectivity index (χ1n) is 13.6. The van der Waals surface area contributed by atoms with Gasteiger partial charge < -0.3 is 25.4 Å². The van der Waals surface area contributed by atoms with Crippen LogP contribution in [0.2, 0.25) is 0 Å². The second kappa shape index (κ2) is 17.3. The van der Waals surface area contributed by atoms with Gasteiger partial charge in [0.15, 0.2) is 0 Å². The number of ether oxygens (including phenoxy) is 1. The minimum atomic E-state index is -0.448. The molecule has 1 heterocycles. The molecular weight excluding hydrogens is 498 g/mol. The summed E-state index contributed by atoms with van der Waals surface area (Å²) in [7, 11) is 1.38. The van der Waals surface area contributed by atoms with Gasteiger partial charge in [0.05, 0.1) is 26.5 Å². The van der Waals surface area contributed by atoms with Gasteiger partial charge in [0.25, 0.3) is 0 Å². The van der Waals surface area contributed by atoms with E-state index in [4.69, 9.17) is 15.3 Å². The minimum Gasteiger partial charge on any atom is -0.469 e. The zero-order valence-corrected chi connectivity index (χ0v) is 23.7. The van der Waals surface area contributed by atoms with Crippen LogP contribution in [0, 0.1) is 5.92 Å². The number of methoxy groups -OCH3 is 1. The van der Waals surface area contributed by atoms with E-state index in [9.17, 15) is 14.4 Å². The van der Waals surface area contributed by atoms with E-state index in [0.717, 1.165) is 53.8 Å². The zero-order valence-electron chi connectivity index (χ0n) is 23.7. The molecule has 10 nitrogen and oxygen atoms in total. The molecule has 0 aliphatic carbocycles. The molecule has 0 radical (unpaired) electrons. The number of carbonyl (C=O) groups is 3. The van der Waals surface area contributed by atoms with Crippen molar-refractivity contribution in [1.29, 1.82) is 0 Å². The number of benzene rings is 1. The number of carbonyl (C=O) groups excluding carboxylic acids is 3. The molecule has 0 saturated carbocycles. The lowest BCUT2D eigenvalue weighted by atomic mass is 9.96. The molecular formula is C29H43N5O5. The second-order valence-corrected chi connectivity index (χ2v) is 10.0. The second-order valence-electron chi connectivity index (χ2n) is 10.0. The molecule has 2 rings (SSSR count). The first-order chi connectivity index (χ1) is 18.7. The van der Waals surface area contributed by atoms with Gasteiger partial charge in [-0.2, -0.15) is 0 Å². The lowest BCUT2D eigenvalue weighted by Crippen LogP contribution is -2.31. The number of esters is 1. The molecule has 3 N–H and O–H groups in total. The third kappa shape index (κ3) is 11.9. The molecule has 0 saturated heterocycles. The first-order valence-corrected chi connectivity index (χ1v) is 13.6. The molecule has 39 heavy (non-hydrogen) atoms. The van der Waals surface area contributed by atoms with Gasteiger partial charge in [0.2, 0.25) is 0 Å². The van der Waals surface area contributed by atoms with Crippen LogP contribution in [0.5, 0.6) is 0 Å². The fourth-order valence-corrected chi connectivity index (χ4v) is 4.28. The highest BCUT2D eigenvalue weighted by atomic mass is 16.7. The Morgan fingerprint density at radius 2 is 1.92 bits per heavy atom. The van der Waals surface area contributed by atoms with Gasteiger partial charge in [0, 0.05) is 37.3 Å². The average molecular weight is 542 g/mol. The monoisotopic (exact) mass is 541 g/mol. The number of hydrogen-bond donors (Lipinski definition) is 2. The molecule has 0 spiro atoms. The Labute approximate surface area is 231 Å². The Morgan fingerprint density at radius 1 is 1.15 bits per heavy atom. The van der Waals surface area contributed by atoms with E-state index in [2.05, 4.69) is 29.1 Å². The molecule has 0 fully saturated rings. The van der Waals surface area contributed by atoms with Gasteiger partial charge >= 0.3 is 11.9 Å². The summed E-state index contributed by atoms with van der Waals surface area (Å²) in [6.45, 7) is 7.69. The van der Waals surface area contributed by atoms with Crippen LogP contribution in [0.3, 0.4) is 0 Å². The van der Waals surface area contributed by atoms with Crippen LogP contribution in [0.4, 0.5) is 5.82 Å². The number of hydrogen-bond acceptors (Lipinski definition) is 10. The number of aryl methyl sites for hydroxylation is 2. The minimum absolute atomic E-state index is 0.0426. The fourth-order valence-electron chi connectivity index (χ4n) is 4.28. The molecule has 0 bridgehead atoms. The summed E-state index contributed by atoms with van der Waals surface area (Å²) in [5, 5.41) is 4.92. The molecule has 1 aromatic carbocycles. The van der Waals surface area contributed by atoms with Crippen molar-refractivity contribution in [3.63, 3.8) is 0 Å². The fraction of sp³-hybridized carbons (Fsp3) is 0.552. The van der Waals surface area contributed by atoms with E-state index >= 15 is 0 Å². The highest BCUT2D eigenvalue weighted by Gasteiger charge is 2.15. The maximum absolute atomic E-state index is 12.1. The van der Waals surface area contributed by atoms with Crippen molar-refractivity contribution in [2.24, 2.45) is 11.7 Å². The van der Waals surface area contributed by atoms with Crippen LogP contribution in [0.1, 0.15) is 68.7 Å². The van der Waals surface area contributed by atoms with E-state index in [1.165, 1.54) is 13.4 Å². The Hall–Kier alpha value is -3.37. The summed E-state index contributed by atoms with van der Waals surface area (Å²) < 4.78 is 4.92. The van der Waals surface area contributed by atoms with Gasteiger partial charge in [0.1, 0.15) is 18.4 Å². The standard InChI is InChI=1S/C29H43N5O5/c1-5-34(39-27(36)10-7-13-35)19-22-11-12-23(25(15-22)16-28(37)38-4)8-6-9-24-17-31-20-33-29(24)32-18-26(30)14-21(2)3/h11-13,15,17,20-21,26H,5-10,14,16,18-19,30H2,1-4H3,(H,31,32,33). The maximum Gasteiger partial charge on any atom is 0.325 e.